The SMILES string of the molecule is CC1(c2ccccc2)c2ccccc2-c2ccc(-c3nc(-c4ccccc4-c4ccccc4)nc(-c4c5ccccc5cc5c4ccc4ccccc45)n3)cc21. The fourth-order valence-electron chi connectivity index (χ4n) is 9.06. The highest BCUT2D eigenvalue weighted by molar-refractivity contribution is 6.19. The van der Waals surface area contributed by atoms with Crippen LogP contribution in [0.15, 0.2) is 194 Å². The van der Waals surface area contributed by atoms with Crippen LogP contribution in [0.1, 0.15) is 23.6 Å². The number of rotatable bonds is 5. The summed E-state index contributed by atoms with van der Waals surface area (Å²) in [5, 5.41) is 6.96. The van der Waals surface area contributed by atoms with Crippen molar-refractivity contribution in [3.63, 3.8) is 0 Å². The van der Waals surface area contributed by atoms with Gasteiger partial charge in [0.2, 0.25) is 0 Å². The van der Waals surface area contributed by atoms with E-state index in [0.29, 0.717) is 17.5 Å². The summed E-state index contributed by atoms with van der Waals surface area (Å²) < 4.78 is 0. The summed E-state index contributed by atoms with van der Waals surface area (Å²) in [7, 11) is 0. The average Bonchev–Trinajstić information content (AvgIpc) is 3.54. The lowest BCUT2D eigenvalue weighted by molar-refractivity contribution is 0.714. The maximum atomic E-state index is 5.46. The summed E-state index contributed by atoms with van der Waals surface area (Å²) in [5.41, 5.74) is 11.1. The molecular weight excluding hydrogens is 679 g/mol. The monoisotopic (exact) mass is 713 g/mol. The summed E-state index contributed by atoms with van der Waals surface area (Å²) in [4.78, 5) is 16.2. The van der Waals surface area contributed by atoms with Crippen LogP contribution < -0.4 is 0 Å². The van der Waals surface area contributed by atoms with Crippen LogP contribution in [0.4, 0.5) is 0 Å². The predicted octanol–water partition coefficient (Wildman–Crippen LogP) is 13.3. The predicted molar refractivity (Wildman–Crippen MR) is 232 cm³/mol. The van der Waals surface area contributed by atoms with Crippen LogP contribution in [-0.2, 0) is 5.41 Å². The molecule has 1 aliphatic carbocycles. The van der Waals surface area contributed by atoms with Crippen molar-refractivity contribution in [3.05, 3.63) is 211 Å². The Kier molecular flexibility index (Phi) is 7.30. The van der Waals surface area contributed by atoms with Gasteiger partial charge in [0.1, 0.15) is 0 Å². The van der Waals surface area contributed by atoms with Gasteiger partial charge in [0.25, 0.3) is 0 Å². The highest BCUT2D eigenvalue weighted by atomic mass is 15.0. The maximum Gasteiger partial charge on any atom is 0.165 e. The van der Waals surface area contributed by atoms with Crippen molar-refractivity contribution in [2.24, 2.45) is 0 Å². The number of nitrogens with zero attached hydrogens (tertiary/aromatic N) is 3. The molecule has 3 nitrogen and oxygen atoms in total. The van der Waals surface area contributed by atoms with Crippen molar-refractivity contribution in [3.8, 4) is 56.4 Å². The fourth-order valence-corrected chi connectivity index (χ4v) is 9.06. The van der Waals surface area contributed by atoms with Crippen molar-refractivity contribution in [2.45, 2.75) is 12.3 Å². The van der Waals surface area contributed by atoms with Crippen molar-refractivity contribution < 1.29 is 0 Å². The second-order valence-electron chi connectivity index (χ2n) is 14.9. The Hall–Kier alpha value is -7.23. The summed E-state index contributed by atoms with van der Waals surface area (Å²) in [6, 6.07) is 69.3. The molecule has 0 aliphatic heterocycles. The molecule has 56 heavy (non-hydrogen) atoms. The van der Waals surface area contributed by atoms with E-state index < -0.39 is 0 Å². The molecule has 10 aromatic rings. The van der Waals surface area contributed by atoms with Gasteiger partial charge < -0.3 is 0 Å². The van der Waals surface area contributed by atoms with Crippen molar-refractivity contribution in [1.82, 2.24) is 15.0 Å². The van der Waals surface area contributed by atoms with E-state index in [1.54, 1.807) is 0 Å². The van der Waals surface area contributed by atoms with Gasteiger partial charge in [-0.3, -0.25) is 0 Å². The van der Waals surface area contributed by atoms with Gasteiger partial charge in [0.05, 0.1) is 0 Å². The van der Waals surface area contributed by atoms with Crippen LogP contribution in [0, 0.1) is 0 Å². The Balaban J connectivity index is 1.21. The van der Waals surface area contributed by atoms with Crippen LogP contribution in [0.2, 0.25) is 0 Å². The van der Waals surface area contributed by atoms with Gasteiger partial charge in [-0.25, -0.2) is 15.0 Å². The summed E-state index contributed by atoms with van der Waals surface area (Å²) in [6.07, 6.45) is 0. The quantitative estimate of drug-likeness (QED) is 0.132. The van der Waals surface area contributed by atoms with E-state index in [2.05, 4.69) is 201 Å². The highest BCUT2D eigenvalue weighted by Crippen LogP contribution is 2.53. The van der Waals surface area contributed by atoms with Crippen LogP contribution >= 0.6 is 0 Å². The molecule has 0 radical (unpaired) electrons. The first-order valence-corrected chi connectivity index (χ1v) is 19.2. The van der Waals surface area contributed by atoms with Gasteiger partial charge in [0.15, 0.2) is 17.5 Å². The fraction of sp³-hybridized carbons (Fsp3) is 0.0377. The van der Waals surface area contributed by atoms with Crippen LogP contribution in [0.25, 0.3) is 88.7 Å². The average molecular weight is 714 g/mol. The van der Waals surface area contributed by atoms with E-state index in [0.717, 1.165) is 44.0 Å². The number of hydrogen-bond donors (Lipinski definition) is 0. The molecule has 9 aromatic carbocycles. The number of benzene rings is 9. The van der Waals surface area contributed by atoms with Gasteiger partial charge in [-0.1, -0.05) is 182 Å². The van der Waals surface area contributed by atoms with Gasteiger partial charge in [0, 0.05) is 22.1 Å². The molecule has 1 aromatic heterocycles. The van der Waals surface area contributed by atoms with E-state index in [1.165, 1.54) is 44.0 Å². The molecule has 262 valence electrons. The molecule has 1 unspecified atom stereocenters. The number of fused-ring (bicyclic) bond motifs is 7. The van der Waals surface area contributed by atoms with Gasteiger partial charge in [-0.05, 0) is 90.3 Å². The molecule has 11 rings (SSSR count). The minimum atomic E-state index is -0.352. The Labute approximate surface area is 325 Å². The molecule has 0 bridgehead atoms. The number of aromatic nitrogens is 3. The zero-order valence-electron chi connectivity index (χ0n) is 30.8. The molecule has 0 saturated heterocycles. The highest BCUT2D eigenvalue weighted by Gasteiger charge is 2.40. The van der Waals surface area contributed by atoms with Crippen LogP contribution in [0.3, 0.4) is 0 Å². The minimum Gasteiger partial charge on any atom is -0.208 e. The van der Waals surface area contributed by atoms with E-state index in [9.17, 15) is 0 Å². The Morgan fingerprint density at radius 2 is 0.946 bits per heavy atom. The zero-order valence-corrected chi connectivity index (χ0v) is 30.8. The van der Waals surface area contributed by atoms with Gasteiger partial charge in [-0.15, -0.1) is 0 Å². The third-order valence-corrected chi connectivity index (χ3v) is 11.8. The van der Waals surface area contributed by atoms with Crippen LogP contribution in [-0.4, -0.2) is 15.0 Å². The second-order valence-corrected chi connectivity index (χ2v) is 14.9. The molecule has 0 saturated carbocycles. The van der Waals surface area contributed by atoms with E-state index in [-0.39, 0.29) is 5.41 Å². The maximum absolute atomic E-state index is 5.46. The molecule has 0 amide bonds. The third kappa shape index (κ3) is 4.94. The van der Waals surface area contributed by atoms with Crippen LogP contribution in [0.5, 0.6) is 0 Å². The Bertz CT molecular complexity index is 3150. The molecular formula is C53H35N3. The topological polar surface area (TPSA) is 38.7 Å². The Morgan fingerprint density at radius 1 is 0.339 bits per heavy atom. The first-order valence-electron chi connectivity index (χ1n) is 19.2. The normalized spacial score (nSPS) is 14.6. The molecule has 0 N–H and O–H groups in total. The summed E-state index contributed by atoms with van der Waals surface area (Å²) in [5.74, 6) is 1.93. The van der Waals surface area contributed by atoms with E-state index >= 15 is 0 Å². The standard InChI is InChI=1S/C53H35N3/c1-53(38-20-6-3-7-21-38)47-27-15-14-25-42(47)43-30-29-37(33-48(43)53)50-54-51(45-26-13-12-22-39(45)34-16-4-2-5-17-34)56-52(55-50)49-41-24-11-9-19-36(41)32-46-40-23-10-8-18-35(40)28-31-44(46)49/h2-33H,1H3. The third-order valence-electron chi connectivity index (χ3n) is 11.8. The smallest absolute Gasteiger partial charge is 0.165 e. The second kappa shape index (κ2) is 12.7. The molecule has 1 heterocycles. The van der Waals surface area contributed by atoms with Crippen molar-refractivity contribution in [1.29, 1.82) is 0 Å². The Morgan fingerprint density at radius 3 is 1.77 bits per heavy atom. The summed E-state index contributed by atoms with van der Waals surface area (Å²) in [6.45, 7) is 2.35. The minimum absolute atomic E-state index is 0.352. The van der Waals surface area contributed by atoms with E-state index in [1.807, 2.05) is 0 Å². The van der Waals surface area contributed by atoms with E-state index in [4.69, 9.17) is 15.0 Å². The number of hydrogen-bond acceptors (Lipinski definition) is 3. The molecule has 1 aliphatic rings. The first kappa shape index (κ1) is 32.2. The molecule has 0 fully saturated rings. The molecule has 3 heteroatoms. The van der Waals surface area contributed by atoms with Gasteiger partial charge in [-0.2, -0.15) is 0 Å². The molecule has 1 atom stereocenters. The van der Waals surface area contributed by atoms with Crippen molar-refractivity contribution in [2.75, 3.05) is 0 Å². The van der Waals surface area contributed by atoms with Crippen molar-refractivity contribution >= 4 is 32.3 Å². The van der Waals surface area contributed by atoms with Gasteiger partial charge >= 0.3 is 0 Å². The lowest BCUT2D eigenvalue weighted by Crippen LogP contribution is -2.22. The first-order chi connectivity index (χ1) is 27.6. The molecule has 0 spiro atoms. The lowest BCUT2D eigenvalue weighted by Gasteiger charge is -2.28. The lowest BCUT2D eigenvalue weighted by atomic mass is 9.74. The summed E-state index contributed by atoms with van der Waals surface area (Å²) >= 11 is 0. The largest absolute Gasteiger partial charge is 0.208 e. The zero-order chi connectivity index (χ0) is 37.2.